The quantitative estimate of drug-likeness (QED) is 0.561. The zero-order valence-electron chi connectivity index (χ0n) is 12.0. The lowest BCUT2D eigenvalue weighted by atomic mass is 10.1. The Morgan fingerprint density at radius 3 is 2.57 bits per heavy atom. The molecule has 3 nitrogen and oxygen atoms in total. The van der Waals surface area contributed by atoms with E-state index in [4.69, 9.17) is 35.4 Å². The van der Waals surface area contributed by atoms with Gasteiger partial charge in [-0.1, -0.05) is 55.8 Å². The molecule has 0 aliphatic heterocycles. The van der Waals surface area contributed by atoms with E-state index < -0.39 is 0 Å². The molecule has 0 saturated carbocycles. The predicted octanol–water partition coefficient (Wildman–Crippen LogP) is 4.57. The van der Waals surface area contributed by atoms with Gasteiger partial charge in [-0.15, -0.1) is 0 Å². The van der Waals surface area contributed by atoms with Crippen molar-refractivity contribution in [3.8, 4) is 0 Å². The van der Waals surface area contributed by atoms with Crippen molar-refractivity contribution in [2.45, 2.75) is 39.0 Å². The Kier molecular flexibility index (Phi) is 8.66. The molecule has 0 spiro atoms. The third kappa shape index (κ3) is 7.11. The number of benzene rings is 1. The molecular weight excluding hydrogens is 327 g/mol. The Balaban J connectivity index is 2.32. The Labute approximate surface area is 141 Å². The fourth-order valence-electron chi connectivity index (χ4n) is 1.82. The summed E-state index contributed by atoms with van der Waals surface area (Å²) in [5, 5.41) is 6.75. The van der Waals surface area contributed by atoms with Crippen LogP contribution in [0.15, 0.2) is 18.2 Å². The van der Waals surface area contributed by atoms with Crippen LogP contribution in [0, 0.1) is 0 Å². The van der Waals surface area contributed by atoms with Gasteiger partial charge in [-0.2, -0.15) is 0 Å². The minimum absolute atomic E-state index is 0.308. The van der Waals surface area contributed by atoms with Gasteiger partial charge < -0.3 is 5.32 Å². The van der Waals surface area contributed by atoms with Crippen molar-refractivity contribution in [1.82, 2.24) is 10.6 Å². The van der Waals surface area contributed by atoms with E-state index in [-0.39, 0.29) is 5.91 Å². The second kappa shape index (κ2) is 9.98. The molecule has 0 fully saturated rings. The summed E-state index contributed by atoms with van der Waals surface area (Å²) in [6.07, 6.45) is 5.93. The van der Waals surface area contributed by atoms with Gasteiger partial charge in [0, 0.05) is 11.6 Å². The van der Waals surface area contributed by atoms with Crippen molar-refractivity contribution >= 4 is 46.4 Å². The highest BCUT2D eigenvalue weighted by Crippen LogP contribution is 2.20. The number of amides is 1. The number of halogens is 2. The van der Waals surface area contributed by atoms with Crippen molar-refractivity contribution in [3.63, 3.8) is 0 Å². The van der Waals surface area contributed by atoms with Crippen LogP contribution >= 0.6 is 35.4 Å². The van der Waals surface area contributed by atoms with E-state index in [1.165, 1.54) is 31.7 Å². The second-order valence-electron chi connectivity index (χ2n) is 4.75. The Bertz CT molecular complexity index is 495. The lowest BCUT2D eigenvalue weighted by Crippen LogP contribution is -2.39. The van der Waals surface area contributed by atoms with Gasteiger partial charge in [0.1, 0.15) is 0 Å². The van der Waals surface area contributed by atoms with Crippen LogP contribution in [0.5, 0.6) is 0 Å². The largest absolute Gasteiger partial charge is 0.362 e. The fourth-order valence-corrected chi connectivity index (χ4v) is 2.51. The maximum absolute atomic E-state index is 12.0. The van der Waals surface area contributed by atoms with E-state index in [2.05, 4.69) is 17.6 Å². The molecule has 2 N–H and O–H groups in total. The van der Waals surface area contributed by atoms with Crippen molar-refractivity contribution in [3.05, 3.63) is 33.8 Å². The molecule has 1 rings (SSSR count). The topological polar surface area (TPSA) is 41.1 Å². The monoisotopic (exact) mass is 346 g/mol. The van der Waals surface area contributed by atoms with E-state index in [0.29, 0.717) is 20.7 Å². The van der Waals surface area contributed by atoms with Crippen molar-refractivity contribution in [2.75, 3.05) is 6.54 Å². The average Bonchev–Trinajstić information content (AvgIpc) is 2.42. The fraction of sp³-hybridized carbons (Fsp3) is 0.467. The van der Waals surface area contributed by atoms with Crippen LogP contribution in [0.1, 0.15) is 49.4 Å². The number of rotatable bonds is 7. The third-order valence-electron chi connectivity index (χ3n) is 2.97. The van der Waals surface area contributed by atoms with Gasteiger partial charge in [-0.25, -0.2) is 0 Å². The van der Waals surface area contributed by atoms with E-state index in [9.17, 15) is 4.79 Å². The van der Waals surface area contributed by atoms with Gasteiger partial charge in [0.25, 0.3) is 5.91 Å². The summed E-state index contributed by atoms with van der Waals surface area (Å²) in [6.45, 7) is 2.95. The number of hydrogen-bond acceptors (Lipinski definition) is 2. The van der Waals surface area contributed by atoms with E-state index >= 15 is 0 Å². The van der Waals surface area contributed by atoms with Crippen molar-refractivity contribution in [2.24, 2.45) is 0 Å². The number of carbonyl (C=O) groups excluding carboxylic acids is 1. The van der Waals surface area contributed by atoms with Crippen LogP contribution in [-0.4, -0.2) is 17.6 Å². The SMILES string of the molecule is CCCCCCCNC(=S)NC(=O)c1ccc(Cl)cc1Cl. The molecule has 1 aromatic carbocycles. The summed E-state index contributed by atoms with van der Waals surface area (Å²) in [5.41, 5.74) is 0.355. The second-order valence-corrected chi connectivity index (χ2v) is 6.00. The molecule has 0 bridgehead atoms. The lowest BCUT2D eigenvalue weighted by Gasteiger charge is -2.10. The predicted molar refractivity (Wildman–Crippen MR) is 93.3 cm³/mol. The van der Waals surface area contributed by atoms with Crippen LogP contribution in [0.3, 0.4) is 0 Å². The molecule has 6 heteroatoms. The average molecular weight is 347 g/mol. The summed E-state index contributed by atoms with van der Waals surface area (Å²) < 4.78 is 0. The van der Waals surface area contributed by atoms with Crippen LogP contribution in [0.2, 0.25) is 10.0 Å². The highest BCUT2D eigenvalue weighted by Gasteiger charge is 2.11. The molecule has 0 aliphatic rings. The molecule has 0 radical (unpaired) electrons. The highest BCUT2D eigenvalue weighted by molar-refractivity contribution is 7.80. The molecule has 0 aliphatic carbocycles. The van der Waals surface area contributed by atoms with E-state index in [0.717, 1.165) is 13.0 Å². The summed E-state index contributed by atoms with van der Waals surface area (Å²) >= 11 is 16.9. The van der Waals surface area contributed by atoms with Crippen molar-refractivity contribution < 1.29 is 4.79 Å². The third-order valence-corrected chi connectivity index (χ3v) is 3.76. The first-order chi connectivity index (χ1) is 10.0. The van der Waals surface area contributed by atoms with Gasteiger partial charge in [-0.3, -0.25) is 10.1 Å². The van der Waals surface area contributed by atoms with Crippen LogP contribution < -0.4 is 10.6 Å². The molecule has 0 atom stereocenters. The lowest BCUT2D eigenvalue weighted by molar-refractivity contribution is 0.0977. The van der Waals surface area contributed by atoms with Crippen molar-refractivity contribution in [1.29, 1.82) is 0 Å². The van der Waals surface area contributed by atoms with Crippen LogP contribution in [0.4, 0.5) is 0 Å². The maximum atomic E-state index is 12.0. The first-order valence-electron chi connectivity index (χ1n) is 7.08. The Hall–Kier alpha value is -0.840. The van der Waals surface area contributed by atoms with Gasteiger partial charge in [-0.05, 0) is 36.8 Å². The van der Waals surface area contributed by atoms with Gasteiger partial charge in [0.2, 0.25) is 0 Å². The molecule has 1 aromatic rings. The smallest absolute Gasteiger partial charge is 0.258 e. The number of hydrogen-bond donors (Lipinski definition) is 2. The zero-order chi connectivity index (χ0) is 15.7. The molecule has 0 unspecified atom stereocenters. The summed E-state index contributed by atoms with van der Waals surface area (Å²) in [5.74, 6) is -0.333. The van der Waals surface area contributed by atoms with E-state index in [1.54, 1.807) is 12.1 Å². The zero-order valence-corrected chi connectivity index (χ0v) is 14.4. The minimum atomic E-state index is -0.333. The first kappa shape index (κ1) is 18.2. The number of thiocarbonyl (C=S) groups is 1. The normalized spacial score (nSPS) is 10.2. The Morgan fingerprint density at radius 2 is 1.90 bits per heavy atom. The van der Waals surface area contributed by atoms with Gasteiger partial charge >= 0.3 is 0 Å². The summed E-state index contributed by atoms with van der Waals surface area (Å²) in [7, 11) is 0. The van der Waals surface area contributed by atoms with E-state index in [1.807, 2.05) is 0 Å². The minimum Gasteiger partial charge on any atom is -0.362 e. The molecule has 116 valence electrons. The molecule has 1 amide bonds. The summed E-state index contributed by atoms with van der Waals surface area (Å²) in [4.78, 5) is 12.0. The highest BCUT2D eigenvalue weighted by atomic mass is 35.5. The first-order valence-corrected chi connectivity index (χ1v) is 8.25. The molecular formula is C15H20Cl2N2OS. The molecule has 0 saturated heterocycles. The van der Waals surface area contributed by atoms with Gasteiger partial charge in [0.05, 0.1) is 10.6 Å². The molecule has 21 heavy (non-hydrogen) atoms. The van der Waals surface area contributed by atoms with Crippen LogP contribution in [0.25, 0.3) is 0 Å². The maximum Gasteiger partial charge on any atom is 0.258 e. The number of unbranched alkanes of at least 4 members (excludes halogenated alkanes) is 4. The Morgan fingerprint density at radius 1 is 1.19 bits per heavy atom. The van der Waals surface area contributed by atoms with Crippen LogP contribution in [-0.2, 0) is 0 Å². The number of carbonyl (C=O) groups is 1. The molecule has 0 heterocycles. The molecule has 0 aromatic heterocycles. The van der Waals surface area contributed by atoms with Gasteiger partial charge in [0.15, 0.2) is 5.11 Å². The number of nitrogens with one attached hydrogen (secondary N) is 2. The standard InChI is InChI=1S/C15H20Cl2N2OS/c1-2-3-4-5-6-9-18-15(21)19-14(20)12-8-7-11(16)10-13(12)17/h7-8,10H,2-6,9H2,1H3,(H2,18,19,20,21). The summed E-state index contributed by atoms with van der Waals surface area (Å²) in [6, 6.07) is 4.72.